The smallest absolute Gasteiger partial charge is 1.00 e. The van der Waals surface area contributed by atoms with E-state index >= 15 is 0 Å². The number of hydrogen-bond donors (Lipinski definition) is 1. The second kappa shape index (κ2) is 9.56. The third kappa shape index (κ3) is 6.33. The van der Waals surface area contributed by atoms with E-state index in [2.05, 4.69) is 0 Å². The van der Waals surface area contributed by atoms with Crippen molar-refractivity contribution in [1.29, 1.82) is 0 Å². The van der Waals surface area contributed by atoms with E-state index in [9.17, 15) is 14.7 Å². The maximum absolute atomic E-state index is 12.3. The topological polar surface area (TPSA) is 72.8 Å². The molecule has 0 saturated carbocycles. The zero-order valence-corrected chi connectivity index (χ0v) is 16.7. The van der Waals surface area contributed by atoms with Gasteiger partial charge < -0.3 is 21.9 Å². The molecule has 0 radical (unpaired) electrons. The third-order valence-electron chi connectivity index (χ3n) is 3.43. The predicted molar refractivity (Wildman–Crippen MR) is 101 cm³/mol. The van der Waals surface area contributed by atoms with Gasteiger partial charge >= 0.3 is 35.0 Å². The first-order valence-electron chi connectivity index (χ1n) is 7.85. The summed E-state index contributed by atoms with van der Waals surface area (Å²) in [6.07, 6.45) is 0. The number of aromatic hydroxyl groups is 1. The minimum Gasteiger partial charge on any atom is -1.00 e. The Morgan fingerprint density at radius 1 is 0.962 bits per heavy atom. The van der Waals surface area contributed by atoms with Crippen LogP contribution in [0.4, 0.5) is 0 Å². The van der Waals surface area contributed by atoms with Crippen LogP contribution in [0.3, 0.4) is 0 Å². The van der Waals surface area contributed by atoms with Crippen molar-refractivity contribution in [2.45, 2.75) is 0 Å². The molecule has 0 bridgehead atoms. The summed E-state index contributed by atoms with van der Waals surface area (Å²) in [5.74, 6) is -1.40. The Labute approximate surface area is 172 Å². The number of carbonyl (C=O) groups excluding carboxylic acids is 2. The fraction of sp³-hybridized carbons (Fsp3) is 0.263. The van der Waals surface area contributed by atoms with E-state index < -0.39 is 11.9 Å². The van der Waals surface area contributed by atoms with Gasteiger partial charge in [-0.2, -0.15) is 0 Å². The molecule has 0 unspecified atom stereocenters. The van der Waals surface area contributed by atoms with Crippen molar-refractivity contribution in [3.63, 3.8) is 0 Å². The van der Waals surface area contributed by atoms with Crippen molar-refractivity contribution in [3.05, 3.63) is 59.7 Å². The summed E-state index contributed by atoms with van der Waals surface area (Å²) in [4.78, 5) is 24.5. The number of likely N-dealkylation sites (N-methyl/N-ethyl adjacent to an activating group) is 1. The number of para-hydroxylation sites is 2. The number of hydrogen-bond acceptors (Lipinski definition) is 5. The van der Waals surface area contributed by atoms with E-state index in [0.29, 0.717) is 11.0 Å². The zero-order valence-electron chi connectivity index (χ0n) is 17.3. The molecule has 0 aliphatic heterocycles. The van der Waals surface area contributed by atoms with Crippen LogP contribution in [-0.2, 0) is 4.74 Å². The van der Waals surface area contributed by atoms with E-state index in [-0.39, 0.29) is 55.1 Å². The number of nitrogens with zero attached hydrogens (tertiary/aromatic N) is 1. The first kappa shape index (κ1) is 21.9. The molecule has 0 atom stereocenters. The van der Waals surface area contributed by atoms with E-state index in [1.807, 2.05) is 21.1 Å². The van der Waals surface area contributed by atoms with Gasteiger partial charge in [0, 0.05) is 0 Å². The minimum atomic E-state index is -0.746. The van der Waals surface area contributed by atoms with Gasteiger partial charge in [0.2, 0.25) is 0 Å². The van der Waals surface area contributed by atoms with Gasteiger partial charge in [-0.05, 0) is 24.3 Å². The van der Waals surface area contributed by atoms with Gasteiger partial charge in [0.15, 0.2) is 0 Å². The number of phenols is 1. The second-order valence-corrected chi connectivity index (χ2v) is 6.55. The fourth-order valence-corrected chi connectivity index (χ4v) is 2.02. The molecule has 0 heterocycles. The van der Waals surface area contributed by atoms with Gasteiger partial charge in [0.05, 0.1) is 21.1 Å². The molecule has 0 amide bonds. The normalized spacial score (nSPS) is 10.6. The Balaban J connectivity index is 0. The molecule has 2 aromatic rings. The molecule has 2 rings (SSSR count). The Morgan fingerprint density at radius 2 is 1.54 bits per heavy atom. The van der Waals surface area contributed by atoms with Crippen LogP contribution >= 0.6 is 0 Å². The summed E-state index contributed by atoms with van der Waals surface area (Å²) < 4.78 is 11.2. The van der Waals surface area contributed by atoms with Crippen molar-refractivity contribution in [2.75, 3.05) is 34.3 Å². The van der Waals surface area contributed by atoms with Gasteiger partial charge in [-0.25, -0.2) is 9.59 Å². The van der Waals surface area contributed by atoms with E-state index in [1.54, 1.807) is 24.3 Å². The fourth-order valence-electron chi connectivity index (χ4n) is 2.02. The number of esters is 2. The molecule has 1 N–H and O–H groups in total. The van der Waals surface area contributed by atoms with Crippen LogP contribution in [0.2, 0.25) is 0 Å². The van der Waals surface area contributed by atoms with Crippen molar-refractivity contribution in [3.8, 4) is 11.5 Å². The molecule has 26 heavy (non-hydrogen) atoms. The van der Waals surface area contributed by atoms with Crippen LogP contribution in [0.25, 0.3) is 0 Å². The number of quaternary nitrogens is 1. The number of ether oxygens (including phenoxy) is 2. The summed E-state index contributed by atoms with van der Waals surface area (Å²) in [7, 11) is 5.99. The van der Waals surface area contributed by atoms with Gasteiger partial charge in [-0.3, -0.25) is 0 Å². The van der Waals surface area contributed by atoms with Crippen LogP contribution in [0, 0.1) is 0 Å². The average Bonchev–Trinajstić information content (AvgIpc) is 2.54. The van der Waals surface area contributed by atoms with Crippen LogP contribution in [-0.4, -0.2) is 78.9 Å². The number of benzene rings is 2. The van der Waals surface area contributed by atoms with Gasteiger partial charge in [0.25, 0.3) is 0 Å². The van der Waals surface area contributed by atoms with Gasteiger partial charge in [-0.1, -0.05) is 24.3 Å². The monoisotopic (exact) mass is 370 g/mol. The number of carbonyl (C=O) groups is 2. The van der Waals surface area contributed by atoms with Crippen LogP contribution in [0.1, 0.15) is 23.6 Å². The maximum Gasteiger partial charge on any atom is 2.00 e. The molecule has 0 saturated heterocycles. The number of rotatable bonds is 6. The summed E-state index contributed by atoms with van der Waals surface area (Å²) in [5, 5.41) is 9.74. The first-order chi connectivity index (χ1) is 11.8. The third-order valence-corrected chi connectivity index (χ3v) is 3.43. The molecular weight excluding hydrogens is 347 g/mol. The summed E-state index contributed by atoms with van der Waals surface area (Å²) >= 11 is 0. The molecule has 0 aromatic heterocycles. The first-order valence-corrected chi connectivity index (χ1v) is 7.85. The standard InChI is InChI=1S/C19H21NO5.Mg.2H/c1-20(2,3)12-13-24-18(22)15-9-5-7-11-17(15)25-19(23)14-8-4-6-10-16(14)21;;;/h4-11H,12-13H2,1-3H3;;;/q;+2;2*-1/p+1. The average molecular weight is 371 g/mol. The zero-order chi connectivity index (χ0) is 18.4. The van der Waals surface area contributed by atoms with E-state index in [4.69, 9.17) is 9.47 Å². The quantitative estimate of drug-likeness (QED) is 0.366. The second-order valence-electron chi connectivity index (χ2n) is 6.55. The molecule has 0 aliphatic rings. The Bertz CT molecular complexity index is 781. The Morgan fingerprint density at radius 3 is 2.15 bits per heavy atom. The van der Waals surface area contributed by atoms with E-state index in [0.717, 1.165) is 0 Å². The SMILES string of the molecule is C[N+](C)(C)CCOC(=O)c1ccccc1OC(=O)c1ccccc1O.[H-].[H-].[Mg+2]. The van der Waals surface area contributed by atoms with Gasteiger partial charge in [0.1, 0.15) is 35.8 Å². The van der Waals surface area contributed by atoms with Crippen LogP contribution in [0.15, 0.2) is 48.5 Å². The molecule has 136 valence electrons. The van der Waals surface area contributed by atoms with Crippen molar-refractivity contribution in [1.82, 2.24) is 0 Å². The maximum atomic E-state index is 12.3. The predicted octanol–water partition coefficient (Wildman–Crippen LogP) is 2.32. The molecule has 0 spiro atoms. The Hall–Kier alpha value is -2.09. The molecule has 0 aliphatic carbocycles. The van der Waals surface area contributed by atoms with Crippen LogP contribution < -0.4 is 4.74 Å². The molecule has 7 heteroatoms. The summed E-state index contributed by atoms with van der Waals surface area (Å²) in [6.45, 7) is 0.912. The van der Waals surface area contributed by atoms with Gasteiger partial charge in [-0.15, -0.1) is 0 Å². The van der Waals surface area contributed by atoms with Crippen molar-refractivity contribution in [2.24, 2.45) is 0 Å². The summed E-state index contributed by atoms with van der Waals surface area (Å²) in [5.41, 5.74) is 0.184. The summed E-state index contributed by atoms with van der Waals surface area (Å²) in [6, 6.07) is 12.4. The van der Waals surface area contributed by atoms with Crippen molar-refractivity contribution < 1.29 is 31.5 Å². The van der Waals surface area contributed by atoms with E-state index in [1.165, 1.54) is 24.3 Å². The van der Waals surface area contributed by atoms with Crippen LogP contribution in [0.5, 0.6) is 11.5 Å². The Kier molecular flexibility index (Phi) is 8.07. The van der Waals surface area contributed by atoms with Crippen molar-refractivity contribution >= 4 is 35.0 Å². The molecule has 0 fully saturated rings. The number of phenolic OH excluding ortho intramolecular Hbond substituents is 1. The minimum absolute atomic E-state index is 0. The molecular formula is C19H24MgNO5+. The molecule has 6 nitrogen and oxygen atoms in total. The molecule has 2 aromatic carbocycles. The largest absolute Gasteiger partial charge is 2.00 e.